The van der Waals surface area contributed by atoms with Crippen LogP contribution >= 0.6 is 0 Å². The molecule has 1 unspecified atom stereocenters. The highest BCUT2D eigenvalue weighted by Gasteiger charge is 2.23. The summed E-state index contributed by atoms with van der Waals surface area (Å²) < 4.78 is 22.4. The maximum absolute atomic E-state index is 10.6. The molecule has 0 fully saturated rings. The van der Waals surface area contributed by atoms with E-state index in [2.05, 4.69) is 16.2 Å². The Bertz CT molecular complexity index is 1080. The summed E-state index contributed by atoms with van der Waals surface area (Å²) in [6.45, 7) is 4.27. The first-order chi connectivity index (χ1) is 15.9. The predicted octanol–water partition coefficient (Wildman–Crippen LogP) is 4.41. The Hall–Kier alpha value is -3.64. The summed E-state index contributed by atoms with van der Waals surface area (Å²) in [5.41, 5.74) is 1.82. The molecule has 0 bridgehead atoms. The summed E-state index contributed by atoms with van der Waals surface area (Å²) in [5, 5.41) is 22.2. The van der Waals surface area contributed by atoms with Crippen LogP contribution in [0, 0.1) is 11.3 Å². The molecular formula is C24H27N3O6. The highest BCUT2D eigenvalue weighted by molar-refractivity contribution is 5.74. The summed E-state index contributed by atoms with van der Waals surface area (Å²) in [4.78, 5) is 15.1. The zero-order valence-corrected chi connectivity index (χ0v) is 18.9. The molecular weight excluding hydrogens is 426 g/mol. The number of unbranched alkanes of at least 4 members (excludes halogenated alkanes) is 1. The van der Waals surface area contributed by atoms with Gasteiger partial charge in [0.05, 0.1) is 43.1 Å². The standard InChI is InChI=1S/C24H27N3O6/c1-15(2)32-20-10-7-16(12-17(20)14-25)24-26-23(27-33-24)19-9-8-18(13-21(19)30-3)31-11-5-4-6-22(28)29/h7-9,12-13,15,20H,4-6,10-11H2,1-3H3,(H,28,29). The van der Waals surface area contributed by atoms with Crippen LogP contribution in [-0.4, -0.2) is 47.1 Å². The van der Waals surface area contributed by atoms with Crippen molar-refractivity contribution >= 4 is 11.5 Å². The summed E-state index contributed by atoms with van der Waals surface area (Å²) in [6.07, 6.45) is 5.24. The summed E-state index contributed by atoms with van der Waals surface area (Å²) >= 11 is 0. The van der Waals surface area contributed by atoms with Crippen LogP contribution in [0.25, 0.3) is 17.0 Å². The molecule has 1 atom stereocenters. The van der Waals surface area contributed by atoms with Crippen molar-refractivity contribution in [2.45, 2.75) is 51.7 Å². The average Bonchev–Trinajstić information content (AvgIpc) is 3.28. The van der Waals surface area contributed by atoms with Gasteiger partial charge >= 0.3 is 5.97 Å². The van der Waals surface area contributed by atoms with E-state index in [-0.39, 0.29) is 18.6 Å². The normalized spacial score (nSPS) is 15.5. The number of hydrogen-bond acceptors (Lipinski definition) is 8. The second-order valence-electron chi connectivity index (χ2n) is 7.76. The Labute approximate surface area is 192 Å². The van der Waals surface area contributed by atoms with E-state index in [9.17, 15) is 10.1 Å². The molecule has 0 saturated carbocycles. The lowest BCUT2D eigenvalue weighted by Crippen LogP contribution is -2.21. The van der Waals surface area contributed by atoms with Crippen molar-refractivity contribution in [3.63, 3.8) is 0 Å². The lowest BCUT2D eigenvalue weighted by atomic mass is 9.97. The van der Waals surface area contributed by atoms with Crippen LogP contribution in [0.3, 0.4) is 0 Å². The van der Waals surface area contributed by atoms with Crippen LogP contribution in [0.1, 0.15) is 45.4 Å². The van der Waals surface area contributed by atoms with Gasteiger partial charge in [-0.2, -0.15) is 10.2 Å². The fourth-order valence-electron chi connectivity index (χ4n) is 3.36. The van der Waals surface area contributed by atoms with Crippen molar-refractivity contribution < 1.29 is 28.6 Å². The maximum Gasteiger partial charge on any atom is 0.303 e. The Balaban J connectivity index is 1.71. The molecule has 33 heavy (non-hydrogen) atoms. The molecule has 3 rings (SSSR count). The van der Waals surface area contributed by atoms with Gasteiger partial charge in [0.25, 0.3) is 5.89 Å². The third kappa shape index (κ3) is 6.43. The van der Waals surface area contributed by atoms with Crippen LogP contribution in [0.5, 0.6) is 11.5 Å². The Morgan fingerprint density at radius 2 is 2.18 bits per heavy atom. The maximum atomic E-state index is 10.6. The first-order valence-electron chi connectivity index (χ1n) is 10.8. The van der Waals surface area contributed by atoms with E-state index in [0.29, 0.717) is 65.8 Å². The summed E-state index contributed by atoms with van der Waals surface area (Å²) in [6, 6.07) is 7.47. The number of aromatic nitrogens is 2. The van der Waals surface area contributed by atoms with E-state index >= 15 is 0 Å². The number of aliphatic carboxylic acids is 1. The molecule has 0 saturated heterocycles. The molecule has 1 aromatic carbocycles. The Morgan fingerprint density at radius 3 is 2.88 bits per heavy atom. The van der Waals surface area contributed by atoms with E-state index in [0.717, 1.165) is 0 Å². The number of carbonyl (C=O) groups is 1. The predicted molar refractivity (Wildman–Crippen MR) is 120 cm³/mol. The number of nitrogens with zero attached hydrogens (tertiary/aromatic N) is 3. The van der Waals surface area contributed by atoms with Crippen LogP contribution in [0.15, 0.2) is 40.4 Å². The fraction of sp³-hybridized carbons (Fsp3) is 0.417. The van der Waals surface area contributed by atoms with E-state index in [1.54, 1.807) is 24.3 Å². The Morgan fingerprint density at radius 1 is 1.36 bits per heavy atom. The number of carboxylic acid groups (broad SMARTS) is 1. The molecule has 0 aliphatic heterocycles. The van der Waals surface area contributed by atoms with E-state index in [4.69, 9.17) is 23.8 Å². The quantitative estimate of drug-likeness (QED) is 0.492. The number of benzene rings is 1. The number of nitriles is 1. The van der Waals surface area contributed by atoms with E-state index in [1.807, 2.05) is 19.9 Å². The topological polar surface area (TPSA) is 128 Å². The molecule has 174 valence electrons. The van der Waals surface area contributed by atoms with Crippen molar-refractivity contribution in [3.05, 3.63) is 41.8 Å². The molecule has 0 spiro atoms. The average molecular weight is 453 g/mol. The van der Waals surface area contributed by atoms with Gasteiger partial charge in [0.1, 0.15) is 11.5 Å². The minimum atomic E-state index is -0.812. The molecule has 9 heteroatoms. The van der Waals surface area contributed by atoms with Gasteiger partial charge < -0.3 is 23.8 Å². The van der Waals surface area contributed by atoms with Gasteiger partial charge in [0, 0.05) is 18.1 Å². The molecule has 2 aromatic rings. The van der Waals surface area contributed by atoms with Gasteiger partial charge in [-0.25, -0.2) is 0 Å². The minimum absolute atomic E-state index is 0.0147. The largest absolute Gasteiger partial charge is 0.496 e. The molecule has 1 aromatic heterocycles. The SMILES string of the molecule is COc1cc(OCCCCC(=O)O)ccc1-c1noc(C2=CCC(OC(C)C)C(C#N)=C2)n1. The first kappa shape index (κ1) is 24.0. The minimum Gasteiger partial charge on any atom is -0.496 e. The molecule has 1 aliphatic rings. The fourth-order valence-corrected chi connectivity index (χ4v) is 3.36. The number of allylic oxidation sites excluding steroid dienone is 2. The highest BCUT2D eigenvalue weighted by atomic mass is 16.5. The number of hydrogen-bond donors (Lipinski definition) is 1. The molecule has 0 amide bonds. The van der Waals surface area contributed by atoms with Crippen LogP contribution in [-0.2, 0) is 9.53 Å². The second-order valence-corrected chi connectivity index (χ2v) is 7.76. The smallest absolute Gasteiger partial charge is 0.303 e. The number of methoxy groups -OCH3 is 1. The lowest BCUT2D eigenvalue weighted by molar-refractivity contribution is -0.137. The monoisotopic (exact) mass is 453 g/mol. The van der Waals surface area contributed by atoms with Crippen molar-refractivity contribution in [2.75, 3.05) is 13.7 Å². The molecule has 1 N–H and O–H groups in total. The van der Waals surface area contributed by atoms with Crippen molar-refractivity contribution in [3.8, 4) is 29.0 Å². The van der Waals surface area contributed by atoms with E-state index < -0.39 is 5.97 Å². The van der Waals surface area contributed by atoms with Crippen LogP contribution in [0.2, 0.25) is 0 Å². The first-order valence-corrected chi connectivity index (χ1v) is 10.8. The third-order valence-corrected chi connectivity index (χ3v) is 4.92. The van der Waals surface area contributed by atoms with Crippen molar-refractivity contribution in [2.24, 2.45) is 0 Å². The third-order valence-electron chi connectivity index (χ3n) is 4.92. The highest BCUT2D eigenvalue weighted by Crippen LogP contribution is 2.33. The van der Waals surface area contributed by atoms with Gasteiger partial charge in [0.2, 0.25) is 5.82 Å². The van der Waals surface area contributed by atoms with Crippen LogP contribution in [0.4, 0.5) is 0 Å². The number of rotatable bonds is 11. The zero-order chi connectivity index (χ0) is 23.8. The molecule has 1 aliphatic carbocycles. The molecule has 0 radical (unpaired) electrons. The summed E-state index contributed by atoms with van der Waals surface area (Å²) in [7, 11) is 1.54. The van der Waals surface area contributed by atoms with Crippen molar-refractivity contribution in [1.82, 2.24) is 10.1 Å². The molecule has 9 nitrogen and oxygen atoms in total. The summed E-state index contributed by atoms with van der Waals surface area (Å²) in [5.74, 6) is 0.960. The van der Waals surface area contributed by atoms with Gasteiger partial charge in [-0.05, 0) is 51.3 Å². The number of ether oxygens (including phenoxy) is 3. The number of carboxylic acids is 1. The van der Waals surface area contributed by atoms with Crippen LogP contribution < -0.4 is 9.47 Å². The van der Waals surface area contributed by atoms with Gasteiger partial charge in [-0.3, -0.25) is 4.79 Å². The van der Waals surface area contributed by atoms with Gasteiger partial charge in [-0.15, -0.1) is 0 Å². The van der Waals surface area contributed by atoms with Crippen molar-refractivity contribution in [1.29, 1.82) is 5.26 Å². The van der Waals surface area contributed by atoms with Gasteiger partial charge in [-0.1, -0.05) is 11.2 Å². The second kappa shape index (κ2) is 11.3. The zero-order valence-electron chi connectivity index (χ0n) is 18.9. The lowest BCUT2D eigenvalue weighted by Gasteiger charge is -2.21. The van der Waals surface area contributed by atoms with Gasteiger partial charge in [0.15, 0.2) is 0 Å². The van der Waals surface area contributed by atoms with E-state index in [1.165, 1.54) is 7.11 Å². The Kier molecular flexibility index (Phi) is 8.22. The molecule has 1 heterocycles.